The van der Waals surface area contributed by atoms with Gasteiger partial charge >= 0.3 is 5.43 Å². The van der Waals surface area contributed by atoms with Crippen LogP contribution in [0.25, 0.3) is 32.7 Å². The smallest absolute Gasteiger partial charge is 0.423 e. The lowest BCUT2D eigenvalue weighted by Gasteiger charge is -2.27. The van der Waals surface area contributed by atoms with Crippen LogP contribution >= 0.6 is 0 Å². The molecule has 0 bridgehead atoms. The Bertz CT molecular complexity index is 1640. The maximum atomic E-state index is 10.5. The van der Waals surface area contributed by atoms with Crippen LogP contribution < -0.4 is 10.2 Å². The Morgan fingerprint density at radius 2 is 1.58 bits per heavy atom. The summed E-state index contributed by atoms with van der Waals surface area (Å²) in [6.07, 6.45) is -0.985. The van der Waals surface area contributed by atoms with E-state index in [0.717, 1.165) is 6.07 Å². The molecule has 6 rings (SSSR count). The first-order valence-corrected chi connectivity index (χ1v) is 9.15. The molecular formula is C22H13O9+. The Kier molecular flexibility index (Phi) is 3.10. The van der Waals surface area contributed by atoms with Gasteiger partial charge in [0.2, 0.25) is 11.3 Å². The fourth-order valence-electron chi connectivity index (χ4n) is 4.13. The van der Waals surface area contributed by atoms with Crippen LogP contribution in [0.5, 0.6) is 34.7 Å². The summed E-state index contributed by atoms with van der Waals surface area (Å²) in [7, 11) is 0. The Hall–Kier alpha value is -4.53. The van der Waals surface area contributed by atoms with E-state index in [1.165, 1.54) is 30.3 Å². The lowest BCUT2D eigenvalue weighted by atomic mass is 9.94. The number of phenolic OH excluding ortho intramolecular Hbond substituents is 4. The molecule has 5 aromatic rings. The van der Waals surface area contributed by atoms with Crippen molar-refractivity contribution in [3.8, 4) is 34.7 Å². The van der Waals surface area contributed by atoms with Crippen molar-refractivity contribution in [1.82, 2.24) is 0 Å². The van der Waals surface area contributed by atoms with Gasteiger partial charge in [0.25, 0.3) is 5.95 Å². The van der Waals surface area contributed by atoms with E-state index < -0.39 is 23.2 Å². The van der Waals surface area contributed by atoms with Crippen LogP contribution in [0.2, 0.25) is 0 Å². The summed E-state index contributed by atoms with van der Waals surface area (Å²) in [6.45, 7) is 0. The molecule has 0 spiro atoms. The summed E-state index contributed by atoms with van der Waals surface area (Å²) >= 11 is 0. The molecule has 1 atom stereocenters. The zero-order chi connectivity index (χ0) is 21.6. The van der Waals surface area contributed by atoms with E-state index in [2.05, 4.69) is 0 Å². The van der Waals surface area contributed by atoms with Crippen molar-refractivity contribution < 1.29 is 43.9 Å². The molecule has 1 aliphatic heterocycles. The molecule has 2 aromatic heterocycles. The van der Waals surface area contributed by atoms with Crippen molar-refractivity contribution in [2.45, 2.75) is 6.10 Å². The molecule has 31 heavy (non-hydrogen) atoms. The highest BCUT2D eigenvalue weighted by Crippen LogP contribution is 2.51. The fourth-order valence-corrected chi connectivity index (χ4v) is 4.13. The van der Waals surface area contributed by atoms with Gasteiger partial charge in [-0.3, -0.25) is 4.79 Å². The minimum atomic E-state index is -0.985. The highest BCUT2D eigenvalue weighted by molar-refractivity contribution is 6.21. The second-order valence-electron chi connectivity index (χ2n) is 7.31. The maximum Gasteiger partial charge on any atom is 0.423 e. The second-order valence-corrected chi connectivity index (χ2v) is 7.31. The van der Waals surface area contributed by atoms with Crippen molar-refractivity contribution in [2.75, 3.05) is 0 Å². The van der Waals surface area contributed by atoms with Crippen molar-refractivity contribution in [2.24, 2.45) is 0 Å². The predicted octanol–water partition coefficient (Wildman–Crippen LogP) is 3.35. The third kappa shape index (κ3) is 2.17. The van der Waals surface area contributed by atoms with Crippen molar-refractivity contribution >= 4 is 32.7 Å². The minimum absolute atomic E-state index is 0.0999. The van der Waals surface area contributed by atoms with Crippen molar-refractivity contribution in [3.63, 3.8) is 0 Å². The van der Waals surface area contributed by atoms with Crippen LogP contribution in [0.15, 0.2) is 45.2 Å². The van der Waals surface area contributed by atoms with Gasteiger partial charge in [0.1, 0.15) is 17.1 Å². The second kappa shape index (κ2) is 5.54. The highest BCUT2D eigenvalue weighted by Gasteiger charge is 2.35. The minimum Gasteiger partial charge on any atom is -0.508 e. The summed E-state index contributed by atoms with van der Waals surface area (Å²) in [6, 6.07) is 7.92. The van der Waals surface area contributed by atoms with Crippen LogP contribution in [0.3, 0.4) is 0 Å². The number of phenols is 4. The Morgan fingerprint density at radius 3 is 2.35 bits per heavy atom. The van der Waals surface area contributed by atoms with Crippen LogP contribution in [-0.2, 0) is 0 Å². The van der Waals surface area contributed by atoms with E-state index in [9.17, 15) is 30.3 Å². The van der Waals surface area contributed by atoms with Gasteiger partial charge in [-0.05, 0) is 12.1 Å². The summed E-state index contributed by atoms with van der Waals surface area (Å²) in [5.41, 5.74) is -0.115. The molecule has 0 fully saturated rings. The molecule has 0 aliphatic carbocycles. The first-order chi connectivity index (χ1) is 14.8. The normalized spacial score (nSPS) is 15.2. The largest absolute Gasteiger partial charge is 0.508 e. The molecule has 3 heterocycles. The lowest BCUT2D eigenvalue weighted by Crippen LogP contribution is -2.15. The zero-order valence-electron chi connectivity index (χ0n) is 15.4. The summed E-state index contributed by atoms with van der Waals surface area (Å²) in [5.74, 6) is -1.56. The van der Waals surface area contributed by atoms with E-state index in [0.29, 0.717) is 16.3 Å². The lowest BCUT2D eigenvalue weighted by molar-refractivity contribution is 0.197. The molecule has 9 nitrogen and oxygen atoms in total. The summed E-state index contributed by atoms with van der Waals surface area (Å²) in [5, 5.41) is 51.7. The van der Waals surface area contributed by atoms with Gasteiger partial charge < -0.3 is 39.1 Å². The molecule has 0 saturated carbocycles. The van der Waals surface area contributed by atoms with Gasteiger partial charge in [0.05, 0.1) is 16.2 Å². The van der Waals surface area contributed by atoms with E-state index in [1.807, 2.05) is 0 Å². The first kappa shape index (κ1) is 17.3. The SMILES string of the molecule is Oc1cc2c3c(c1)oc1c(=[OH+])c(O)cc4c(O)oc(c3c41)C(c1ccc(O)c(O)c1)O2. The molecule has 1 unspecified atom stereocenters. The molecule has 154 valence electrons. The van der Waals surface area contributed by atoms with Gasteiger partial charge in [-0.1, -0.05) is 6.07 Å². The van der Waals surface area contributed by atoms with Gasteiger partial charge in [0.15, 0.2) is 23.4 Å². The van der Waals surface area contributed by atoms with Crippen LogP contribution in [0.4, 0.5) is 0 Å². The molecule has 0 saturated heterocycles. The van der Waals surface area contributed by atoms with Gasteiger partial charge in [0, 0.05) is 29.1 Å². The molecule has 0 amide bonds. The van der Waals surface area contributed by atoms with E-state index in [-0.39, 0.29) is 50.7 Å². The van der Waals surface area contributed by atoms with E-state index >= 15 is 0 Å². The van der Waals surface area contributed by atoms with Crippen molar-refractivity contribution in [1.29, 1.82) is 0 Å². The van der Waals surface area contributed by atoms with Crippen LogP contribution in [0, 0.1) is 0 Å². The zero-order valence-corrected chi connectivity index (χ0v) is 15.4. The first-order valence-electron chi connectivity index (χ1n) is 9.15. The topological polar surface area (TPSA) is 158 Å². The summed E-state index contributed by atoms with van der Waals surface area (Å²) in [4.78, 5) is 10.4. The summed E-state index contributed by atoms with van der Waals surface area (Å²) < 4.78 is 17.5. The maximum absolute atomic E-state index is 10.5. The fraction of sp³-hybridized carbons (Fsp3) is 0.0455. The quantitative estimate of drug-likeness (QED) is 0.119. The number of hydrogen-bond donors (Lipinski definition) is 5. The monoisotopic (exact) mass is 421 g/mol. The average molecular weight is 421 g/mol. The Labute approximate surface area is 171 Å². The average Bonchev–Trinajstić information content (AvgIpc) is 2.73. The number of aromatic hydroxyl groups is 5. The Balaban J connectivity index is 1.85. The van der Waals surface area contributed by atoms with E-state index in [1.54, 1.807) is 0 Å². The molecule has 9 heteroatoms. The third-order valence-electron chi connectivity index (χ3n) is 5.47. The predicted molar refractivity (Wildman–Crippen MR) is 106 cm³/mol. The molecule has 1 aliphatic rings. The number of benzene rings is 3. The third-order valence-corrected chi connectivity index (χ3v) is 5.47. The standard InChI is InChI=1S/C22H12O9/c23-8-4-13-16-14(5-8)30-20-15-9(6-12(26)18(20)27)22(28)31-21(17(15)16)19(29-13)7-1-2-10(24)11(25)3-7/h1-6,19,23-26,28H/p+1. The molecule has 3 aromatic carbocycles. The van der Waals surface area contributed by atoms with Crippen LogP contribution in [-0.4, -0.2) is 30.3 Å². The van der Waals surface area contributed by atoms with Crippen molar-refractivity contribution in [3.05, 3.63) is 53.2 Å². The molecular weight excluding hydrogens is 408 g/mol. The molecule has 6 N–H and O–H groups in total. The van der Waals surface area contributed by atoms with Gasteiger partial charge in [-0.15, -0.1) is 0 Å². The number of ether oxygens (including phenoxy) is 1. The van der Waals surface area contributed by atoms with Gasteiger partial charge in [-0.25, -0.2) is 0 Å². The van der Waals surface area contributed by atoms with Gasteiger partial charge in [-0.2, -0.15) is 0 Å². The highest BCUT2D eigenvalue weighted by atomic mass is 16.5. The number of rotatable bonds is 1. The van der Waals surface area contributed by atoms with E-state index in [4.69, 9.17) is 13.6 Å². The van der Waals surface area contributed by atoms with Crippen LogP contribution in [0.1, 0.15) is 17.4 Å². The number of hydrogen-bond acceptors (Lipinski definition) is 8. The molecule has 0 radical (unpaired) electrons. The Morgan fingerprint density at radius 1 is 0.774 bits per heavy atom.